The molecule has 1 aliphatic rings. The first-order valence-corrected chi connectivity index (χ1v) is 5.18. The Morgan fingerprint density at radius 1 is 1.78 bits per heavy atom. The van der Waals surface area contributed by atoms with Gasteiger partial charge in [-0.25, -0.2) is 0 Å². The summed E-state index contributed by atoms with van der Waals surface area (Å²) in [5, 5.41) is 0. The van der Waals surface area contributed by atoms with E-state index in [0.29, 0.717) is 24.8 Å². The first kappa shape index (κ1) is 7.26. The molecule has 9 heavy (non-hydrogen) atoms. The van der Waals surface area contributed by atoms with Crippen molar-refractivity contribution < 1.29 is 9.46 Å². The van der Waals surface area contributed by atoms with Crippen LogP contribution in [-0.2, 0) is 4.57 Å². The van der Waals surface area contributed by atoms with Crippen molar-refractivity contribution in [3.8, 4) is 0 Å². The normalized spacial score (nSPS) is 43.6. The molecule has 2 atom stereocenters. The molecule has 0 aromatic heterocycles. The molecule has 54 valence electrons. The van der Waals surface area contributed by atoms with E-state index in [-0.39, 0.29) is 0 Å². The molecular weight excluding hydrogens is 137 g/mol. The van der Waals surface area contributed by atoms with E-state index in [1.54, 1.807) is 0 Å². The summed E-state index contributed by atoms with van der Waals surface area (Å²) in [4.78, 5) is 9.00. The topological polar surface area (TPSA) is 63.3 Å². The molecule has 0 spiro atoms. The minimum Gasteiger partial charge on any atom is -0.344 e. The summed E-state index contributed by atoms with van der Waals surface area (Å²) in [7, 11) is -2.70. The SMILES string of the molecule is NCC1CCP(=O)(O)C1. The van der Waals surface area contributed by atoms with Crippen molar-refractivity contribution in [3.63, 3.8) is 0 Å². The molecule has 0 saturated carbocycles. The fraction of sp³-hybridized carbons (Fsp3) is 1.00. The number of nitrogens with two attached hydrogens (primary N) is 1. The van der Waals surface area contributed by atoms with Gasteiger partial charge in [0.25, 0.3) is 0 Å². The molecule has 0 aliphatic carbocycles. The van der Waals surface area contributed by atoms with Gasteiger partial charge in [0.2, 0.25) is 7.37 Å². The molecule has 1 rings (SSSR count). The molecule has 0 bridgehead atoms. The third-order valence-corrected chi connectivity index (χ3v) is 3.81. The van der Waals surface area contributed by atoms with Crippen molar-refractivity contribution >= 4 is 7.37 Å². The summed E-state index contributed by atoms with van der Waals surface area (Å²) in [6.07, 6.45) is 1.77. The Morgan fingerprint density at radius 3 is 2.67 bits per heavy atom. The Labute approximate surface area is 54.7 Å². The fourth-order valence-corrected chi connectivity index (χ4v) is 3.25. The molecule has 3 nitrogen and oxygen atoms in total. The van der Waals surface area contributed by atoms with E-state index >= 15 is 0 Å². The highest BCUT2D eigenvalue weighted by Crippen LogP contribution is 2.49. The summed E-state index contributed by atoms with van der Waals surface area (Å²) in [5.41, 5.74) is 5.32. The van der Waals surface area contributed by atoms with Gasteiger partial charge in [0.05, 0.1) is 0 Å². The average Bonchev–Trinajstić information content (AvgIpc) is 2.10. The standard InChI is InChI=1S/C5H12NO2P/c6-3-5-1-2-9(7,8)4-5/h5H,1-4,6H2,(H,7,8). The van der Waals surface area contributed by atoms with Crippen molar-refractivity contribution in [3.05, 3.63) is 0 Å². The van der Waals surface area contributed by atoms with Crippen LogP contribution in [0.15, 0.2) is 0 Å². The molecule has 4 heteroatoms. The molecule has 3 N–H and O–H groups in total. The zero-order valence-electron chi connectivity index (χ0n) is 5.29. The fourth-order valence-electron chi connectivity index (χ4n) is 1.16. The lowest BCUT2D eigenvalue weighted by Gasteiger charge is -2.02. The highest BCUT2D eigenvalue weighted by atomic mass is 31.2. The molecule has 0 radical (unpaired) electrons. The van der Waals surface area contributed by atoms with Crippen LogP contribution >= 0.6 is 7.37 Å². The van der Waals surface area contributed by atoms with Gasteiger partial charge >= 0.3 is 0 Å². The predicted octanol–water partition coefficient (Wildman–Crippen LogP) is 0.235. The molecule has 1 fully saturated rings. The van der Waals surface area contributed by atoms with Gasteiger partial charge < -0.3 is 10.6 Å². The summed E-state index contributed by atoms with van der Waals surface area (Å²) in [5.74, 6) is 0.306. The number of hydrogen-bond acceptors (Lipinski definition) is 2. The third-order valence-electron chi connectivity index (χ3n) is 1.76. The van der Waals surface area contributed by atoms with Crippen molar-refractivity contribution in [1.29, 1.82) is 0 Å². The van der Waals surface area contributed by atoms with E-state index in [2.05, 4.69) is 0 Å². The van der Waals surface area contributed by atoms with Gasteiger partial charge in [-0.15, -0.1) is 0 Å². The van der Waals surface area contributed by atoms with Crippen LogP contribution < -0.4 is 5.73 Å². The maximum absolute atomic E-state index is 10.9. The summed E-state index contributed by atoms with van der Waals surface area (Å²) in [6, 6.07) is 0. The largest absolute Gasteiger partial charge is 0.344 e. The maximum Gasteiger partial charge on any atom is 0.200 e. The third kappa shape index (κ3) is 1.78. The van der Waals surface area contributed by atoms with Crippen LogP contribution in [0.3, 0.4) is 0 Å². The van der Waals surface area contributed by atoms with Crippen LogP contribution in [-0.4, -0.2) is 23.8 Å². The molecule has 0 aromatic rings. The Kier molecular flexibility index (Phi) is 1.94. The van der Waals surface area contributed by atoms with E-state index in [0.717, 1.165) is 6.42 Å². The van der Waals surface area contributed by atoms with Gasteiger partial charge in [0.1, 0.15) is 0 Å². The predicted molar refractivity (Wildman–Crippen MR) is 36.7 cm³/mol. The minimum absolute atomic E-state index is 0.306. The van der Waals surface area contributed by atoms with Crippen molar-refractivity contribution in [2.45, 2.75) is 6.42 Å². The summed E-state index contributed by atoms with van der Waals surface area (Å²) < 4.78 is 10.9. The molecule has 0 aromatic carbocycles. The van der Waals surface area contributed by atoms with Crippen LogP contribution in [0.5, 0.6) is 0 Å². The minimum atomic E-state index is -2.70. The van der Waals surface area contributed by atoms with E-state index in [1.807, 2.05) is 0 Å². The Morgan fingerprint density at radius 2 is 2.44 bits per heavy atom. The molecule has 0 amide bonds. The molecule has 1 saturated heterocycles. The van der Waals surface area contributed by atoms with Gasteiger partial charge in [-0.3, -0.25) is 4.57 Å². The van der Waals surface area contributed by atoms with Crippen LogP contribution in [0.4, 0.5) is 0 Å². The monoisotopic (exact) mass is 149 g/mol. The van der Waals surface area contributed by atoms with E-state index in [4.69, 9.17) is 10.6 Å². The Balaban J connectivity index is 2.47. The van der Waals surface area contributed by atoms with E-state index in [9.17, 15) is 4.57 Å². The van der Waals surface area contributed by atoms with Crippen LogP contribution in [0.2, 0.25) is 0 Å². The van der Waals surface area contributed by atoms with Gasteiger partial charge in [-0.05, 0) is 18.9 Å². The second-order valence-electron chi connectivity index (χ2n) is 2.64. The number of hydrogen-bond donors (Lipinski definition) is 2. The highest BCUT2D eigenvalue weighted by molar-refractivity contribution is 7.58. The van der Waals surface area contributed by atoms with E-state index in [1.165, 1.54) is 0 Å². The van der Waals surface area contributed by atoms with Crippen molar-refractivity contribution in [1.82, 2.24) is 0 Å². The van der Waals surface area contributed by atoms with Crippen molar-refractivity contribution in [2.75, 3.05) is 18.9 Å². The quantitative estimate of drug-likeness (QED) is 0.525. The van der Waals surface area contributed by atoms with Crippen LogP contribution in [0.25, 0.3) is 0 Å². The summed E-state index contributed by atoms with van der Waals surface area (Å²) >= 11 is 0. The van der Waals surface area contributed by atoms with Gasteiger partial charge in [-0.1, -0.05) is 0 Å². The average molecular weight is 149 g/mol. The number of rotatable bonds is 1. The maximum atomic E-state index is 10.9. The highest BCUT2D eigenvalue weighted by Gasteiger charge is 2.30. The molecule has 2 unspecified atom stereocenters. The lowest BCUT2D eigenvalue weighted by Crippen LogP contribution is -2.12. The Hall–Kier alpha value is 0.150. The van der Waals surface area contributed by atoms with Gasteiger partial charge in [-0.2, -0.15) is 0 Å². The van der Waals surface area contributed by atoms with E-state index < -0.39 is 7.37 Å². The lowest BCUT2D eigenvalue weighted by atomic mass is 10.1. The van der Waals surface area contributed by atoms with Gasteiger partial charge in [0.15, 0.2) is 0 Å². The summed E-state index contributed by atoms with van der Waals surface area (Å²) in [6.45, 7) is 0.560. The van der Waals surface area contributed by atoms with Crippen molar-refractivity contribution in [2.24, 2.45) is 11.7 Å². The molecular formula is C5H12NO2P. The second kappa shape index (κ2) is 2.41. The van der Waals surface area contributed by atoms with Gasteiger partial charge in [0, 0.05) is 12.3 Å². The van der Waals surface area contributed by atoms with Crippen LogP contribution in [0, 0.1) is 5.92 Å². The lowest BCUT2D eigenvalue weighted by molar-refractivity contribution is 0.482. The first-order chi connectivity index (χ1) is 4.14. The Bertz CT molecular complexity index is 148. The zero-order valence-corrected chi connectivity index (χ0v) is 6.18. The first-order valence-electron chi connectivity index (χ1n) is 3.15. The molecule has 1 heterocycles. The van der Waals surface area contributed by atoms with Crippen LogP contribution in [0.1, 0.15) is 6.42 Å². The smallest absolute Gasteiger partial charge is 0.200 e. The zero-order chi connectivity index (χ0) is 6.91. The molecule has 1 aliphatic heterocycles. The second-order valence-corrected chi connectivity index (χ2v) is 5.15.